The van der Waals surface area contributed by atoms with Crippen LogP contribution in [-0.4, -0.2) is 16.0 Å². The van der Waals surface area contributed by atoms with Gasteiger partial charge in [0.15, 0.2) is 16.5 Å². The van der Waals surface area contributed by atoms with Crippen molar-refractivity contribution in [3.63, 3.8) is 0 Å². The van der Waals surface area contributed by atoms with Crippen molar-refractivity contribution in [1.82, 2.24) is 9.38 Å². The predicted molar refractivity (Wildman–Crippen MR) is 90.7 cm³/mol. The van der Waals surface area contributed by atoms with E-state index in [2.05, 4.69) is 11.1 Å². The van der Waals surface area contributed by atoms with Gasteiger partial charge >= 0.3 is 0 Å². The predicted octanol–water partition coefficient (Wildman–Crippen LogP) is 2.91. The minimum Gasteiger partial charge on any atom is -0.490 e. The van der Waals surface area contributed by atoms with Crippen LogP contribution in [0.2, 0.25) is 0 Å². The first-order valence-corrected chi connectivity index (χ1v) is 8.27. The van der Waals surface area contributed by atoms with Crippen molar-refractivity contribution < 1.29 is 9.47 Å². The molecule has 0 aliphatic rings. The highest BCUT2D eigenvalue weighted by molar-refractivity contribution is 7.15. The third-order valence-corrected chi connectivity index (χ3v) is 4.32. The van der Waals surface area contributed by atoms with Gasteiger partial charge in [-0.1, -0.05) is 0 Å². The Morgan fingerprint density at radius 1 is 1.29 bits per heavy atom. The SMILES string of the molecule is CCOc1cc(C#N)ccc1OCc1cc(=O)n2c(C)csc2n1. The maximum Gasteiger partial charge on any atom is 0.259 e. The van der Waals surface area contributed by atoms with Gasteiger partial charge in [-0.05, 0) is 26.0 Å². The fourth-order valence-corrected chi connectivity index (χ4v) is 3.18. The van der Waals surface area contributed by atoms with Crippen molar-refractivity contribution in [2.24, 2.45) is 0 Å². The van der Waals surface area contributed by atoms with E-state index in [1.54, 1.807) is 22.6 Å². The van der Waals surface area contributed by atoms with Gasteiger partial charge < -0.3 is 9.47 Å². The van der Waals surface area contributed by atoms with Gasteiger partial charge in [0.05, 0.1) is 23.9 Å². The maximum atomic E-state index is 12.2. The summed E-state index contributed by atoms with van der Waals surface area (Å²) >= 11 is 1.42. The number of hydrogen-bond acceptors (Lipinski definition) is 6. The summed E-state index contributed by atoms with van der Waals surface area (Å²) in [6.07, 6.45) is 0. The van der Waals surface area contributed by atoms with E-state index in [4.69, 9.17) is 14.7 Å². The molecule has 0 aliphatic heterocycles. The maximum absolute atomic E-state index is 12.2. The van der Waals surface area contributed by atoms with Crippen LogP contribution in [0.1, 0.15) is 23.9 Å². The second-order valence-corrected chi connectivity index (χ2v) is 5.91. The highest BCUT2D eigenvalue weighted by Gasteiger charge is 2.10. The van der Waals surface area contributed by atoms with Crippen molar-refractivity contribution in [3.05, 3.63) is 57.0 Å². The van der Waals surface area contributed by atoms with Crippen LogP contribution < -0.4 is 15.0 Å². The van der Waals surface area contributed by atoms with Crippen LogP contribution in [0.3, 0.4) is 0 Å². The molecule has 0 amide bonds. The highest BCUT2D eigenvalue weighted by Crippen LogP contribution is 2.29. The largest absolute Gasteiger partial charge is 0.490 e. The summed E-state index contributed by atoms with van der Waals surface area (Å²) in [6, 6.07) is 8.51. The Hall–Kier alpha value is -2.85. The lowest BCUT2D eigenvalue weighted by atomic mass is 10.2. The van der Waals surface area contributed by atoms with Crippen molar-refractivity contribution in [2.45, 2.75) is 20.5 Å². The molecular weight excluding hydrogens is 326 g/mol. The van der Waals surface area contributed by atoms with Gasteiger partial charge in [0.2, 0.25) is 0 Å². The zero-order chi connectivity index (χ0) is 17.1. The molecule has 0 saturated heterocycles. The Morgan fingerprint density at radius 3 is 2.88 bits per heavy atom. The summed E-state index contributed by atoms with van der Waals surface area (Å²) in [5.74, 6) is 1.02. The average Bonchev–Trinajstić information content (AvgIpc) is 2.95. The van der Waals surface area contributed by atoms with E-state index in [-0.39, 0.29) is 12.2 Å². The summed E-state index contributed by atoms with van der Waals surface area (Å²) in [6.45, 7) is 4.34. The molecule has 0 fully saturated rings. The number of nitriles is 1. The molecule has 2 aromatic heterocycles. The number of nitrogens with zero attached hydrogens (tertiary/aromatic N) is 3. The highest BCUT2D eigenvalue weighted by atomic mass is 32.1. The molecule has 0 bridgehead atoms. The Labute approximate surface area is 142 Å². The van der Waals surface area contributed by atoms with Gasteiger partial charge in [-0.25, -0.2) is 4.98 Å². The number of hydrogen-bond donors (Lipinski definition) is 0. The van der Waals surface area contributed by atoms with Gasteiger partial charge in [-0.15, -0.1) is 11.3 Å². The van der Waals surface area contributed by atoms with Gasteiger partial charge in [0, 0.05) is 23.2 Å². The first-order valence-electron chi connectivity index (χ1n) is 7.39. The van der Waals surface area contributed by atoms with Crippen LogP contribution in [0.4, 0.5) is 0 Å². The topological polar surface area (TPSA) is 76.6 Å². The average molecular weight is 341 g/mol. The number of benzene rings is 1. The summed E-state index contributed by atoms with van der Waals surface area (Å²) in [5.41, 5.74) is 1.79. The molecule has 0 N–H and O–H groups in total. The minimum absolute atomic E-state index is 0.123. The van der Waals surface area contributed by atoms with E-state index in [9.17, 15) is 4.79 Å². The smallest absolute Gasteiger partial charge is 0.259 e. The van der Waals surface area contributed by atoms with E-state index in [0.29, 0.717) is 34.3 Å². The number of thiazole rings is 1. The summed E-state index contributed by atoms with van der Waals surface area (Å²) in [4.78, 5) is 17.2. The van der Waals surface area contributed by atoms with Crippen LogP contribution in [0, 0.1) is 18.3 Å². The van der Waals surface area contributed by atoms with Crippen LogP contribution >= 0.6 is 11.3 Å². The van der Waals surface area contributed by atoms with E-state index >= 15 is 0 Å². The molecule has 0 saturated carbocycles. The van der Waals surface area contributed by atoms with E-state index in [0.717, 1.165) is 5.69 Å². The number of rotatable bonds is 5. The zero-order valence-electron chi connectivity index (χ0n) is 13.3. The van der Waals surface area contributed by atoms with Crippen LogP contribution in [-0.2, 0) is 6.61 Å². The Kier molecular flexibility index (Phi) is 4.49. The molecule has 0 spiro atoms. The molecule has 6 nitrogen and oxygen atoms in total. The zero-order valence-corrected chi connectivity index (χ0v) is 14.1. The third kappa shape index (κ3) is 3.09. The Morgan fingerprint density at radius 2 is 2.12 bits per heavy atom. The normalized spacial score (nSPS) is 10.5. The van der Waals surface area contributed by atoms with Gasteiger partial charge in [-0.3, -0.25) is 9.20 Å². The van der Waals surface area contributed by atoms with Crippen LogP contribution in [0.15, 0.2) is 34.4 Å². The van der Waals surface area contributed by atoms with Crippen LogP contribution in [0.5, 0.6) is 11.5 Å². The summed E-state index contributed by atoms with van der Waals surface area (Å²) in [5, 5.41) is 10.9. The molecule has 0 aliphatic carbocycles. The lowest BCUT2D eigenvalue weighted by Gasteiger charge is -2.11. The summed E-state index contributed by atoms with van der Waals surface area (Å²) < 4.78 is 12.8. The Balaban J connectivity index is 1.86. The van der Waals surface area contributed by atoms with E-state index in [1.165, 1.54) is 17.4 Å². The van der Waals surface area contributed by atoms with Crippen molar-refractivity contribution >= 4 is 16.3 Å². The van der Waals surface area contributed by atoms with E-state index < -0.39 is 0 Å². The van der Waals surface area contributed by atoms with Gasteiger partial charge in [0.1, 0.15) is 6.61 Å². The quantitative estimate of drug-likeness (QED) is 0.713. The van der Waals surface area contributed by atoms with Crippen molar-refractivity contribution in [2.75, 3.05) is 6.61 Å². The molecule has 2 heterocycles. The van der Waals surface area contributed by atoms with E-state index in [1.807, 2.05) is 19.2 Å². The first-order chi connectivity index (χ1) is 11.6. The second kappa shape index (κ2) is 6.72. The number of aromatic nitrogens is 2. The first kappa shape index (κ1) is 16.0. The monoisotopic (exact) mass is 341 g/mol. The molecule has 1 aromatic carbocycles. The van der Waals surface area contributed by atoms with Gasteiger partial charge in [0.25, 0.3) is 5.56 Å². The molecule has 3 rings (SSSR count). The van der Waals surface area contributed by atoms with Gasteiger partial charge in [-0.2, -0.15) is 5.26 Å². The fraction of sp³-hybridized carbons (Fsp3) is 0.235. The number of fused-ring (bicyclic) bond motifs is 1. The molecule has 0 radical (unpaired) electrons. The van der Waals surface area contributed by atoms with Crippen molar-refractivity contribution in [3.8, 4) is 17.6 Å². The summed E-state index contributed by atoms with van der Waals surface area (Å²) in [7, 11) is 0. The standard InChI is InChI=1S/C17H15N3O3S/c1-3-22-15-6-12(8-18)4-5-14(15)23-9-13-7-16(21)20-11(2)10-24-17(20)19-13/h4-7,10H,3,9H2,1-2H3. The molecule has 24 heavy (non-hydrogen) atoms. The molecular formula is C17H15N3O3S. The number of aryl methyl sites for hydroxylation is 1. The lowest BCUT2D eigenvalue weighted by molar-refractivity contribution is 0.266. The third-order valence-electron chi connectivity index (χ3n) is 3.38. The molecule has 0 unspecified atom stereocenters. The molecule has 7 heteroatoms. The molecule has 0 atom stereocenters. The van der Waals surface area contributed by atoms with Crippen molar-refractivity contribution in [1.29, 1.82) is 5.26 Å². The fourth-order valence-electron chi connectivity index (χ4n) is 2.29. The lowest BCUT2D eigenvalue weighted by Crippen LogP contribution is -2.16. The van der Waals surface area contributed by atoms with Crippen LogP contribution in [0.25, 0.3) is 4.96 Å². The molecule has 3 aromatic rings. The number of ether oxygens (including phenoxy) is 2. The Bertz CT molecular complexity index is 985. The minimum atomic E-state index is -0.123. The second-order valence-electron chi connectivity index (χ2n) is 5.08. The molecule has 122 valence electrons.